The Kier molecular flexibility index (Phi) is 4.47. The molecule has 6 heteroatoms. The first-order chi connectivity index (χ1) is 9.95. The van der Waals surface area contributed by atoms with Crippen LogP contribution >= 0.6 is 0 Å². The molecule has 0 fully saturated rings. The Labute approximate surface area is 121 Å². The van der Waals surface area contributed by atoms with Crippen LogP contribution < -0.4 is 10.6 Å². The van der Waals surface area contributed by atoms with E-state index in [9.17, 15) is 13.6 Å². The number of hydrogen-bond acceptors (Lipinski definition) is 3. The number of anilines is 3. The number of halogens is 2. The fourth-order valence-corrected chi connectivity index (χ4v) is 1.56. The van der Waals surface area contributed by atoms with E-state index in [0.29, 0.717) is 11.5 Å². The molecule has 1 heterocycles. The zero-order valence-corrected chi connectivity index (χ0v) is 11.7. The predicted molar refractivity (Wildman–Crippen MR) is 77.3 cm³/mol. The third kappa shape index (κ3) is 3.98. The number of carbonyl (C=O) groups is 1. The minimum atomic E-state index is -0.688. The van der Waals surface area contributed by atoms with E-state index in [4.69, 9.17) is 0 Å². The molecule has 4 nitrogen and oxygen atoms in total. The third-order valence-corrected chi connectivity index (χ3v) is 2.75. The summed E-state index contributed by atoms with van der Waals surface area (Å²) in [7, 11) is 0. The van der Waals surface area contributed by atoms with Crippen LogP contribution in [0.2, 0.25) is 0 Å². The van der Waals surface area contributed by atoms with E-state index in [2.05, 4.69) is 15.6 Å². The van der Waals surface area contributed by atoms with Crippen LogP contribution in [-0.4, -0.2) is 10.9 Å². The van der Waals surface area contributed by atoms with E-state index in [-0.39, 0.29) is 17.5 Å². The van der Waals surface area contributed by atoms with Crippen molar-refractivity contribution in [3.05, 3.63) is 48.2 Å². The normalized spacial score (nSPS) is 10.5. The summed E-state index contributed by atoms with van der Waals surface area (Å²) in [6.07, 6.45) is 1.46. The molecular formula is C15H15F2N3O. The lowest BCUT2D eigenvalue weighted by Gasteiger charge is -2.09. The van der Waals surface area contributed by atoms with Gasteiger partial charge in [-0.1, -0.05) is 13.8 Å². The number of aromatic nitrogens is 1. The van der Waals surface area contributed by atoms with Gasteiger partial charge in [0.25, 0.3) is 0 Å². The molecule has 0 aliphatic carbocycles. The van der Waals surface area contributed by atoms with Crippen molar-refractivity contribution in [2.45, 2.75) is 13.8 Å². The number of nitrogens with zero attached hydrogens (tertiary/aromatic N) is 1. The molecule has 0 saturated heterocycles. The number of carbonyl (C=O) groups excluding carboxylic acids is 1. The smallest absolute Gasteiger partial charge is 0.228 e. The van der Waals surface area contributed by atoms with Crippen molar-refractivity contribution in [1.82, 2.24) is 4.98 Å². The van der Waals surface area contributed by atoms with Crippen LogP contribution in [0.5, 0.6) is 0 Å². The molecule has 0 aliphatic heterocycles. The molecule has 1 amide bonds. The number of rotatable bonds is 4. The fraction of sp³-hybridized carbons (Fsp3) is 0.200. The van der Waals surface area contributed by atoms with Gasteiger partial charge in [-0.05, 0) is 24.3 Å². The van der Waals surface area contributed by atoms with Gasteiger partial charge in [0.2, 0.25) is 5.91 Å². The Morgan fingerprint density at radius 3 is 2.52 bits per heavy atom. The molecule has 21 heavy (non-hydrogen) atoms. The van der Waals surface area contributed by atoms with Gasteiger partial charge in [-0.2, -0.15) is 0 Å². The average molecular weight is 291 g/mol. The highest BCUT2D eigenvalue weighted by Crippen LogP contribution is 2.20. The van der Waals surface area contributed by atoms with Crippen LogP contribution in [0.3, 0.4) is 0 Å². The lowest BCUT2D eigenvalue weighted by Crippen LogP contribution is -2.18. The molecule has 0 aliphatic rings. The van der Waals surface area contributed by atoms with Crippen molar-refractivity contribution < 1.29 is 13.6 Å². The second kappa shape index (κ2) is 6.30. The van der Waals surface area contributed by atoms with E-state index in [0.717, 1.165) is 12.1 Å². The van der Waals surface area contributed by atoms with Gasteiger partial charge in [-0.15, -0.1) is 0 Å². The van der Waals surface area contributed by atoms with Gasteiger partial charge in [-0.25, -0.2) is 13.8 Å². The summed E-state index contributed by atoms with van der Waals surface area (Å²) in [5.74, 6) is -1.18. The molecule has 0 saturated carbocycles. The van der Waals surface area contributed by atoms with Gasteiger partial charge >= 0.3 is 0 Å². The van der Waals surface area contributed by atoms with Crippen LogP contribution in [0.25, 0.3) is 0 Å². The standard InChI is InChI=1S/C15H15F2N3O/c1-9(2)15(21)20-14-6-4-11(8-18-14)19-13-5-3-10(16)7-12(13)17/h3-9,19H,1-2H3,(H,18,20,21). The molecule has 2 rings (SSSR count). The van der Waals surface area contributed by atoms with Crippen molar-refractivity contribution in [2.24, 2.45) is 5.92 Å². The van der Waals surface area contributed by atoms with E-state index in [1.165, 1.54) is 12.3 Å². The molecule has 0 atom stereocenters. The average Bonchev–Trinajstić information content (AvgIpc) is 2.43. The van der Waals surface area contributed by atoms with Gasteiger partial charge in [0, 0.05) is 12.0 Å². The summed E-state index contributed by atoms with van der Waals surface area (Å²) < 4.78 is 26.3. The van der Waals surface area contributed by atoms with Crippen LogP contribution in [0.15, 0.2) is 36.5 Å². The Morgan fingerprint density at radius 1 is 1.19 bits per heavy atom. The second-order valence-corrected chi connectivity index (χ2v) is 4.83. The molecule has 0 unspecified atom stereocenters. The molecular weight excluding hydrogens is 276 g/mol. The molecule has 1 aromatic heterocycles. The van der Waals surface area contributed by atoms with Gasteiger partial charge < -0.3 is 10.6 Å². The molecule has 0 spiro atoms. The first-order valence-electron chi connectivity index (χ1n) is 6.44. The lowest BCUT2D eigenvalue weighted by atomic mass is 10.2. The third-order valence-electron chi connectivity index (χ3n) is 2.75. The van der Waals surface area contributed by atoms with Crippen LogP contribution in [0.1, 0.15) is 13.8 Å². The Morgan fingerprint density at radius 2 is 1.95 bits per heavy atom. The first-order valence-corrected chi connectivity index (χ1v) is 6.44. The van der Waals surface area contributed by atoms with Gasteiger partial charge in [-0.3, -0.25) is 4.79 Å². The maximum absolute atomic E-state index is 13.5. The van der Waals surface area contributed by atoms with Gasteiger partial charge in [0.15, 0.2) is 0 Å². The van der Waals surface area contributed by atoms with Crippen molar-refractivity contribution in [1.29, 1.82) is 0 Å². The molecule has 0 radical (unpaired) electrons. The Hall–Kier alpha value is -2.50. The summed E-state index contributed by atoms with van der Waals surface area (Å²) >= 11 is 0. The number of benzene rings is 1. The van der Waals surface area contributed by atoms with E-state index >= 15 is 0 Å². The minimum absolute atomic E-state index is 0.132. The summed E-state index contributed by atoms with van der Waals surface area (Å²) in [6.45, 7) is 3.56. The van der Waals surface area contributed by atoms with Crippen LogP contribution in [0, 0.1) is 17.6 Å². The topological polar surface area (TPSA) is 54.0 Å². The monoisotopic (exact) mass is 291 g/mol. The van der Waals surface area contributed by atoms with Gasteiger partial charge in [0.05, 0.1) is 17.6 Å². The van der Waals surface area contributed by atoms with Crippen molar-refractivity contribution in [3.63, 3.8) is 0 Å². The predicted octanol–water partition coefficient (Wildman–Crippen LogP) is 3.70. The molecule has 1 aromatic carbocycles. The number of pyridine rings is 1. The largest absolute Gasteiger partial charge is 0.352 e. The molecule has 2 aromatic rings. The maximum atomic E-state index is 13.5. The highest BCUT2D eigenvalue weighted by atomic mass is 19.1. The minimum Gasteiger partial charge on any atom is -0.352 e. The van der Waals surface area contributed by atoms with Gasteiger partial charge in [0.1, 0.15) is 17.5 Å². The first kappa shape index (κ1) is 14.9. The number of hydrogen-bond donors (Lipinski definition) is 2. The highest BCUT2D eigenvalue weighted by molar-refractivity contribution is 5.91. The zero-order valence-electron chi connectivity index (χ0n) is 11.7. The van der Waals surface area contributed by atoms with E-state index in [1.54, 1.807) is 26.0 Å². The summed E-state index contributed by atoms with van der Waals surface area (Å²) in [6, 6.07) is 6.51. The van der Waals surface area contributed by atoms with E-state index in [1.807, 2.05) is 0 Å². The summed E-state index contributed by atoms with van der Waals surface area (Å²) in [4.78, 5) is 15.6. The SMILES string of the molecule is CC(C)C(=O)Nc1ccc(Nc2ccc(F)cc2F)cn1. The quantitative estimate of drug-likeness (QED) is 0.903. The summed E-state index contributed by atoms with van der Waals surface area (Å²) in [5, 5.41) is 5.44. The molecule has 2 N–H and O–H groups in total. The number of amides is 1. The zero-order chi connectivity index (χ0) is 15.4. The van der Waals surface area contributed by atoms with Crippen LogP contribution in [-0.2, 0) is 4.79 Å². The lowest BCUT2D eigenvalue weighted by molar-refractivity contribution is -0.118. The molecule has 0 bridgehead atoms. The highest BCUT2D eigenvalue weighted by Gasteiger charge is 2.08. The van der Waals surface area contributed by atoms with E-state index < -0.39 is 11.6 Å². The fourth-order valence-electron chi connectivity index (χ4n) is 1.56. The van der Waals surface area contributed by atoms with Crippen LogP contribution in [0.4, 0.5) is 26.0 Å². The second-order valence-electron chi connectivity index (χ2n) is 4.83. The summed E-state index contributed by atoms with van der Waals surface area (Å²) in [5.41, 5.74) is 0.681. The Balaban J connectivity index is 2.07. The molecule has 110 valence electrons. The number of nitrogens with one attached hydrogen (secondary N) is 2. The Bertz CT molecular complexity index is 642. The van der Waals surface area contributed by atoms with Crippen molar-refractivity contribution >= 4 is 23.1 Å². The van der Waals surface area contributed by atoms with Crippen molar-refractivity contribution in [3.8, 4) is 0 Å². The maximum Gasteiger partial charge on any atom is 0.228 e. The van der Waals surface area contributed by atoms with Crippen molar-refractivity contribution in [2.75, 3.05) is 10.6 Å².